The predicted octanol–water partition coefficient (Wildman–Crippen LogP) is 8.18. The number of rotatable bonds is 2. The van der Waals surface area contributed by atoms with Gasteiger partial charge in [-0.2, -0.15) is 0 Å². The Kier molecular flexibility index (Phi) is 3.72. The Hall–Kier alpha value is -4.17. The second kappa shape index (κ2) is 6.66. The van der Waals surface area contributed by atoms with Gasteiger partial charge in [0.15, 0.2) is 0 Å². The molecule has 0 unspecified atom stereocenters. The molecule has 0 fully saturated rings. The Morgan fingerprint density at radius 2 is 1.30 bits per heavy atom. The van der Waals surface area contributed by atoms with Crippen LogP contribution in [0.25, 0.3) is 60.5 Å². The van der Waals surface area contributed by atoms with Crippen molar-refractivity contribution in [3.05, 3.63) is 108 Å². The van der Waals surface area contributed by atoms with Crippen molar-refractivity contribution in [1.29, 1.82) is 0 Å². The Bertz CT molecular complexity index is 1840. The Labute approximate surface area is 192 Å². The number of aromatic nitrogens is 2. The molecule has 0 aliphatic rings. The molecule has 3 heterocycles. The molecular formula is C31H22N2. The molecule has 7 rings (SSSR count). The van der Waals surface area contributed by atoms with Gasteiger partial charge in [-0.1, -0.05) is 66.7 Å². The number of hydrogen-bond donors (Lipinski definition) is 0. The standard InChI is InChI=1S/C31H22N2/c1-19-8-3-4-9-22(19)27-18-32-28(16-20(27)2)21-14-15-30-26(17-21)25-12-7-11-24-23-10-5-6-13-29(23)33(30)31(24)25/h3-18H,1-2H3. The molecule has 2 nitrogen and oxygen atoms in total. The molecule has 0 aliphatic carbocycles. The van der Waals surface area contributed by atoms with E-state index < -0.39 is 0 Å². The van der Waals surface area contributed by atoms with E-state index in [2.05, 4.69) is 109 Å². The van der Waals surface area contributed by atoms with Crippen molar-refractivity contribution in [1.82, 2.24) is 9.38 Å². The number of benzene rings is 4. The van der Waals surface area contributed by atoms with Crippen molar-refractivity contribution in [2.75, 3.05) is 0 Å². The molecule has 0 atom stereocenters. The predicted molar refractivity (Wildman–Crippen MR) is 139 cm³/mol. The summed E-state index contributed by atoms with van der Waals surface area (Å²) in [5, 5.41) is 5.21. The fraction of sp³-hybridized carbons (Fsp3) is 0.0645. The minimum Gasteiger partial charge on any atom is -0.308 e. The summed E-state index contributed by atoms with van der Waals surface area (Å²) >= 11 is 0. The average Bonchev–Trinajstić information content (AvgIpc) is 3.36. The molecule has 3 aromatic heterocycles. The fourth-order valence-electron chi connectivity index (χ4n) is 5.46. The largest absolute Gasteiger partial charge is 0.308 e. The van der Waals surface area contributed by atoms with E-state index in [4.69, 9.17) is 4.98 Å². The first kappa shape index (κ1) is 18.4. The smallest absolute Gasteiger partial charge is 0.0705 e. The Balaban J connectivity index is 1.44. The number of pyridine rings is 1. The monoisotopic (exact) mass is 422 g/mol. The summed E-state index contributed by atoms with van der Waals surface area (Å²) in [6, 6.07) is 32.8. The topological polar surface area (TPSA) is 17.3 Å². The van der Waals surface area contributed by atoms with Crippen LogP contribution in [-0.4, -0.2) is 9.38 Å². The maximum atomic E-state index is 4.88. The van der Waals surface area contributed by atoms with Gasteiger partial charge in [-0.25, -0.2) is 0 Å². The normalized spacial score (nSPS) is 11.9. The number of hydrogen-bond acceptors (Lipinski definition) is 1. The van der Waals surface area contributed by atoms with E-state index in [1.54, 1.807) is 0 Å². The molecular weight excluding hydrogens is 400 g/mol. The summed E-state index contributed by atoms with van der Waals surface area (Å²) in [6.07, 6.45) is 2.03. The van der Waals surface area contributed by atoms with Gasteiger partial charge in [-0.05, 0) is 54.8 Å². The van der Waals surface area contributed by atoms with E-state index in [1.165, 1.54) is 60.3 Å². The van der Waals surface area contributed by atoms with E-state index in [-0.39, 0.29) is 0 Å². The summed E-state index contributed by atoms with van der Waals surface area (Å²) in [5.74, 6) is 0. The molecule has 4 aromatic carbocycles. The van der Waals surface area contributed by atoms with E-state index in [0.717, 1.165) is 11.3 Å². The quantitative estimate of drug-likeness (QED) is 0.274. The first-order chi connectivity index (χ1) is 16.2. The molecule has 0 N–H and O–H groups in total. The number of aryl methyl sites for hydroxylation is 2. The van der Waals surface area contributed by atoms with Crippen LogP contribution in [-0.2, 0) is 0 Å². The fourth-order valence-corrected chi connectivity index (χ4v) is 5.46. The van der Waals surface area contributed by atoms with Crippen molar-refractivity contribution in [3.63, 3.8) is 0 Å². The highest BCUT2D eigenvalue weighted by atomic mass is 14.9. The van der Waals surface area contributed by atoms with Crippen molar-refractivity contribution >= 4 is 38.1 Å². The zero-order valence-electron chi connectivity index (χ0n) is 18.6. The number of nitrogens with zero attached hydrogens (tertiary/aromatic N) is 2. The van der Waals surface area contributed by atoms with Crippen molar-refractivity contribution < 1.29 is 0 Å². The SMILES string of the molecule is Cc1ccccc1-c1cnc(-c2ccc3c(c2)c2cccc4c5ccccc5n3c42)cc1C. The summed E-state index contributed by atoms with van der Waals surface area (Å²) in [7, 11) is 0. The lowest BCUT2D eigenvalue weighted by Crippen LogP contribution is -1.91. The van der Waals surface area contributed by atoms with Crippen LogP contribution < -0.4 is 0 Å². The van der Waals surface area contributed by atoms with Gasteiger partial charge in [0.1, 0.15) is 0 Å². The highest BCUT2D eigenvalue weighted by Gasteiger charge is 2.17. The summed E-state index contributed by atoms with van der Waals surface area (Å²) in [5.41, 5.74) is 11.0. The molecule has 7 aromatic rings. The van der Waals surface area contributed by atoms with E-state index >= 15 is 0 Å². The van der Waals surface area contributed by atoms with Crippen LogP contribution in [0.5, 0.6) is 0 Å². The molecule has 2 heteroatoms. The maximum Gasteiger partial charge on any atom is 0.0705 e. The third-order valence-electron chi connectivity index (χ3n) is 7.06. The Morgan fingerprint density at radius 1 is 0.576 bits per heavy atom. The third kappa shape index (κ3) is 2.52. The summed E-state index contributed by atoms with van der Waals surface area (Å²) in [6.45, 7) is 4.34. The third-order valence-corrected chi connectivity index (χ3v) is 7.06. The van der Waals surface area contributed by atoms with Gasteiger partial charge in [0.2, 0.25) is 0 Å². The Morgan fingerprint density at radius 3 is 2.15 bits per heavy atom. The molecule has 156 valence electrons. The zero-order valence-corrected chi connectivity index (χ0v) is 18.6. The van der Waals surface area contributed by atoms with Crippen molar-refractivity contribution in [3.8, 4) is 22.4 Å². The summed E-state index contributed by atoms with van der Waals surface area (Å²) < 4.78 is 2.42. The molecule has 0 spiro atoms. The van der Waals surface area contributed by atoms with Crippen LogP contribution in [0.2, 0.25) is 0 Å². The first-order valence-corrected chi connectivity index (χ1v) is 11.4. The molecule has 0 amide bonds. The van der Waals surface area contributed by atoms with E-state index in [0.29, 0.717) is 0 Å². The van der Waals surface area contributed by atoms with Gasteiger partial charge in [0.05, 0.1) is 22.2 Å². The van der Waals surface area contributed by atoms with Crippen LogP contribution in [0, 0.1) is 13.8 Å². The molecule has 0 aliphatic heterocycles. The van der Waals surface area contributed by atoms with Gasteiger partial charge in [0, 0.05) is 38.9 Å². The van der Waals surface area contributed by atoms with E-state index in [1.807, 2.05) is 6.20 Å². The second-order valence-electron chi connectivity index (χ2n) is 8.99. The zero-order chi connectivity index (χ0) is 22.1. The minimum absolute atomic E-state index is 1.02. The highest BCUT2D eigenvalue weighted by Crippen LogP contribution is 2.40. The molecule has 0 radical (unpaired) electrons. The molecule has 0 saturated carbocycles. The van der Waals surface area contributed by atoms with Gasteiger partial charge >= 0.3 is 0 Å². The summed E-state index contributed by atoms with van der Waals surface area (Å²) in [4.78, 5) is 4.88. The van der Waals surface area contributed by atoms with Crippen molar-refractivity contribution in [2.45, 2.75) is 13.8 Å². The van der Waals surface area contributed by atoms with Crippen LogP contribution in [0.3, 0.4) is 0 Å². The lowest BCUT2D eigenvalue weighted by atomic mass is 9.97. The van der Waals surface area contributed by atoms with Crippen LogP contribution >= 0.6 is 0 Å². The van der Waals surface area contributed by atoms with Gasteiger partial charge in [-0.15, -0.1) is 0 Å². The van der Waals surface area contributed by atoms with Crippen LogP contribution in [0.1, 0.15) is 11.1 Å². The second-order valence-corrected chi connectivity index (χ2v) is 8.99. The molecule has 0 bridgehead atoms. The minimum atomic E-state index is 1.02. The highest BCUT2D eigenvalue weighted by molar-refractivity contribution is 6.23. The first-order valence-electron chi connectivity index (χ1n) is 11.4. The molecule has 33 heavy (non-hydrogen) atoms. The van der Waals surface area contributed by atoms with Crippen LogP contribution in [0.4, 0.5) is 0 Å². The average molecular weight is 423 g/mol. The number of para-hydroxylation sites is 2. The van der Waals surface area contributed by atoms with E-state index in [9.17, 15) is 0 Å². The van der Waals surface area contributed by atoms with Gasteiger partial charge in [0.25, 0.3) is 0 Å². The van der Waals surface area contributed by atoms with Crippen LogP contribution in [0.15, 0.2) is 97.2 Å². The van der Waals surface area contributed by atoms with Gasteiger partial charge < -0.3 is 4.40 Å². The lowest BCUT2D eigenvalue weighted by molar-refractivity contribution is 1.28. The molecule has 0 saturated heterocycles. The van der Waals surface area contributed by atoms with Crippen molar-refractivity contribution in [2.24, 2.45) is 0 Å². The maximum absolute atomic E-state index is 4.88. The number of fused-ring (bicyclic) bond motifs is 6. The van der Waals surface area contributed by atoms with Gasteiger partial charge in [-0.3, -0.25) is 4.98 Å². The lowest BCUT2D eigenvalue weighted by Gasteiger charge is -2.11.